The van der Waals surface area contributed by atoms with Crippen molar-refractivity contribution in [3.05, 3.63) is 23.8 Å². The number of carbonyl (C=O) groups excluding carboxylic acids is 1. The minimum atomic E-state index is -0.717. The van der Waals surface area contributed by atoms with Crippen LogP contribution in [0.5, 0.6) is 11.5 Å². The molecular weight excluding hydrogens is 482 g/mol. The van der Waals surface area contributed by atoms with Crippen molar-refractivity contribution in [3.8, 4) is 11.5 Å². The van der Waals surface area contributed by atoms with Crippen molar-refractivity contribution in [2.75, 3.05) is 34.0 Å². The average Bonchev–Trinajstić information content (AvgIpc) is 3.41. The number of hydrogen-bond acceptors (Lipinski definition) is 7. The van der Waals surface area contributed by atoms with Gasteiger partial charge in [-0.15, -0.1) is 0 Å². The minimum Gasteiger partial charge on any atom is -0.493 e. The predicted molar refractivity (Wildman–Crippen MR) is 152 cm³/mol. The first-order chi connectivity index (χ1) is 18.2. The van der Waals surface area contributed by atoms with Crippen LogP contribution in [0.3, 0.4) is 0 Å². The molecule has 1 saturated heterocycles. The number of methoxy groups -OCH3 is 2. The molecule has 0 bridgehead atoms. The summed E-state index contributed by atoms with van der Waals surface area (Å²) in [5.41, 5.74) is 7.71. The molecule has 1 aliphatic rings. The van der Waals surface area contributed by atoms with Crippen molar-refractivity contribution < 1.29 is 28.8 Å². The van der Waals surface area contributed by atoms with Gasteiger partial charge in [0.25, 0.3) is 0 Å². The van der Waals surface area contributed by atoms with Gasteiger partial charge in [0.05, 0.1) is 25.9 Å². The number of carbonyl (C=O) groups is 1. The second-order valence-electron chi connectivity index (χ2n) is 11.6. The molecule has 38 heavy (non-hydrogen) atoms. The van der Waals surface area contributed by atoms with Gasteiger partial charge in [0, 0.05) is 45.1 Å². The number of benzene rings is 1. The van der Waals surface area contributed by atoms with Gasteiger partial charge in [0.1, 0.15) is 5.78 Å². The van der Waals surface area contributed by atoms with Crippen LogP contribution >= 0.6 is 0 Å². The Morgan fingerprint density at radius 3 is 2.47 bits per heavy atom. The topological polar surface area (TPSA) is 100 Å². The van der Waals surface area contributed by atoms with E-state index in [1.807, 2.05) is 12.1 Å². The lowest BCUT2D eigenvalue weighted by molar-refractivity contribution is -0.126. The summed E-state index contributed by atoms with van der Waals surface area (Å²) in [6, 6.07) is 5.67. The third kappa shape index (κ3) is 10.8. The van der Waals surface area contributed by atoms with Gasteiger partial charge >= 0.3 is 0 Å². The maximum Gasteiger partial charge on any atom is 0.161 e. The fourth-order valence-electron chi connectivity index (χ4n) is 5.32. The molecule has 218 valence electrons. The maximum atomic E-state index is 13.0. The zero-order valence-corrected chi connectivity index (χ0v) is 24.6. The largest absolute Gasteiger partial charge is 0.493 e. The van der Waals surface area contributed by atoms with Gasteiger partial charge in [-0.05, 0) is 74.0 Å². The van der Waals surface area contributed by atoms with Gasteiger partial charge in [-0.25, -0.2) is 0 Å². The fourth-order valence-corrected chi connectivity index (χ4v) is 5.32. The molecule has 1 aromatic carbocycles. The van der Waals surface area contributed by atoms with Gasteiger partial charge in [-0.2, -0.15) is 0 Å². The molecule has 2 rings (SSSR count). The molecule has 0 unspecified atom stereocenters. The van der Waals surface area contributed by atoms with Crippen LogP contribution in [0.2, 0.25) is 0 Å². The first-order valence-electron chi connectivity index (χ1n) is 14.5. The second-order valence-corrected chi connectivity index (χ2v) is 11.6. The van der Waals surface area contributed by atoms with E-state index in [0.29, 0.717) is 44.1 Å². The zero-order chi connectivity index (χ0) is 28.1. The third-order valence-corrected chi connectivity index (χ3v) is 7.94. The summed E-state index contributed by atoms with van der Waals surface area (Å²) in [5.74, 6) is 2.30. The highest BCUT2D eigenvalue weighted by molar-refractivity contribution is 5.81. The van der Waals surface area contributed by atoms with Gasteiger partial charge in [-0.1, -0.05) is 33.8 Å². The lowest BCUT2D eigenvalue weighted by Crippen LogP contribution is -2.40. The molecule has 0 radical (unpaired) electrons. The molecule has 0 spiro atoms. The zero-order valence-electron chi connectivity index (χ0n) is 24.6. The molecule has 5 atom stereocenters. The lowest BCUT2D eigenvalue weighted by atomic mass is 9.79. The van der Waals surface area contributed by atoms with Crippen LogP contribution in [0.15, 0.2) is 18.2 Å². The SMILES string of the molecule is COCCCOc1cc(C[C@@H](C[C@H](N)[C@@H](O)C[C@H](C(=O)CC[C@@H]2CCCO2)C(C)C)C(C)C)ccc1OC. The number of hydrogen-bond donors (Lipinski definition) is 2. The van der Waals surface area contributed by atoms with Crippen LogP contribution in [0, 0.1) is 23.7 Å². The number of nitrogens with two attached hydrogens (primary N) is 1. The average molecular weight is 536 g/mol. The molecule has 7 heteroatoms. The standard InChI is InChI=1S/C31H53NO6/c1-21(2)24(17-23-10-13-30(36-6)31(18-23)38-16-8-14-35-5)19-27(32)29(34)20-26(22(3)4)28(33)12-11-25-9-7-15-37-25/h10,13,18,21-22,24-27,29,34H,7-9,11-12,14-17,19-20,32H2,1-6H3/t24-,25-,26-,27-,29-/m0/s1. The van der Waals surface area contributed by atoms with Crippen molar-refractivity contribution >= 4 is 5.78 Å². The molecule has 1 fully saturated rings. The number of ketones is 1. The van der Waals surface area contributed by atoms with E-state index < -0.39 is 12.1 Å². The normalized spacial score (nSPS) is 18.9. The van der Waals surface area contributed by atoms with E-state index in [0.717, 1.165) is 50.0 Å². The number of aliphatic hydroxyl groups is 1. The highest BCUT2D eigenvalue weighted by atomic mass is 16.5. The summed E-state index contributed by atoms with van der Waals surface area (Å²) >= 11 is 0. The van der Waals surface area contributed by atoms with Crippen LogP contribution in [-0.2, 0) is 20.7 Å². The first-order valence-corrected chi connectivity index (χ1v) is 14.5. The van der Waals surface area contributed by atoms with Crippen LogP contribution in [0.1, 0.15) is 78.2 Å². The Kier molecular flexibility index (Phi) is 14.7. The van der Waals surface area contributed by atoms with Crippen molar-refractivity contribution in [1.29, 1.82) is 0 Å². The number of Topliss-reactive ketones (excluding diaryl/α,β-unsaturated/α-hetero) is 1. The molecule has 3 N–H and O–H groups in total. The van der Waals surface area contributed by atoms with E-state index in [-0.39, 0.29) is 29.6 Å². The Balaban J connectivity index is 1.97. The quantitative estimate of drug-likeness (QED) is 0.235. The Morgan fingerprint density at radius 1 is 1.11 bits per heavy atom. The molecule has 1 aliphatic heterocycles. The van der Waals surface area contributed by atoms with Crippen LogP contribution in [-0.4, -0.2) is 63.2 Å². The van der Waals surface area contributed by atoms with Gasteiger partial charge in [0.2, 0.25) is 0 Å². The molecule has 0 aromatic heterocycles. The summed E-state index contributed by atoms with van der Waals surface area (Å²) in [6.45, 7) is 10.5. The fraction of sp³-hybridized carbons (Fsp3) is 0.774. The number of ether oxygens (including phenoxy) is 4. The van der Waals surface area contributed by atoms with Crippen LogP contribution < -0.4 is 15.2 Å². The smallest absolute Gasteiger partial charge is 0.161 e. The summed E-state index contributed by atoms with van der Waals surface area (Å²) in [6.07, 6.45) is 5.63. The van der Waals surface area contributed by atoms with Crippen LogP contribution in [0.4, 0.5) is 0 Å². The van der Waals surface area contributed by atoms with Crippen molar-refractivity contribution in [3.63, 3.8) is 0 Å². The predicted octanol–water partition coefficient (Wildman–Crippen LogP) is 5.19. The maximum absolute atomic E-state index is 13.0. The molecule has 0 amide bonds. The van der Waals surface area contributed by atoms with E-state index in [2.05, 4.69) is 33.8 Å². The third-order valence-electron chi connectivity index (χ3n) is 7.94. The van der Waals surface area contributed by atoms with Crippen molar-refractivity contribution in [2.45, 2.75) is 97.3 Å². The summed E-state index contributed by atoms with van der Waals surface area (Å²) < 4.78 is 22.2. The van der Waals surface area contributed by atoms with Gasteiger partial charge < -0.3 is 29.8 Å². The van der Waals surface area contributed by atoms with E-state index >= 15 is 0 Å². The highest BCUT2D eigenvalue weighted by Crippen LogP contribution is 2.32. The van der Waals surface area contributed by atoms with E-state index in [4.69, 9.17) is 24.7 Å². The van der Waals surface area contributed by atoms with E-state index in [1.54, 1.807) is 14.2 Å². The van der Waals surface area contributed by atoms with E-state index in [9.17, 15) is 9.90 Å². The van der Waals surface area contributed by atoms with Crippen molar-refractivity contribution in [2.24, 2.45) is 29.4 Å². The summed E-state index contributed by atoms with van der Waals surface area (Å²) in [7, 11) is 3.33. The Bertz CT molecular complexity index is 808. The summed E-state index contributed by atoms with van der Waals surface area (Å²) in [5, 5.41) is 11.1. The molecule has 1 heterocycles. The van der Waals surface area contributed by atoms with Crippen molar-refractivity contribution in [1.82, 2.24) is 0 Å². The Hall–Kier alpha value is -1.67. The Morgan fingerprint density at radius 2 is 1.87 bits per heavy atom. The number of aliphatic hydroxyl groups excluding tert-OH is 1. The minimum absolute atomic E-state index is 0.163. The number of rotatable bonds is 19. The molecule has 0 aliphatic carbocycles. The van der Waals surface area contributed by atoms with E-state index in [1.165, 1.54) is 0 Å². The lowest BCUT2D eigenvalue weighted by Gasteiger charge is -2.30. The molecule has 0 saturated carbocycles. The monoisotopic (exact) mass is 535 g/mol. The molecule has 1 aromatic rings. The summed E-state index contributed by atoms with van der Waals surface area (Å²) in [4.78, 5) is 13.0. The highest BCUT2D eigenvalue weighted by Gasteiger charge is 2.30. The van der Waals surface area contributed by atoms with Gasteiger partial charge in [-0.3, -0.25) is 4.79 Å². The molecular formula is C31H53NO6. The van der Waals surface area contributed by atoms with Gasteiger partial charge in [0.15, 0.2) is 11.5 Å². The molecule has 7 nitrogen and oxygen atoms in total. The van der Waals surface area contributed by atoms with Crippen LogP contribution in [0.25, 0.3) is 0 Å². The second kappa shape index (κ2) is 17.1. The Labute approximate surface area is 230 Å². The first kappa shape index (κ1) is 32.5.